The quantitative estimate of drug-likeness (QED) is 0.878. The molecule has 2 atom stereocenters. The standard InChI is InChI=1S/C16H24N2O/c1-16(6-8-19-9-7-16)11-18-15-10-14(17)12-4-2-3-5-13(12)15/h2-5,14-15,18H,6-11,17H2,1H3. The number of benzene rings is 1. The summed E-state index contributed by atoms with van der Waals surface area (Å²) in [5.41, 5.74) is 9.30. The van der Waals surface area contributed by atoms with Gasteiger partial charge in [0, 0.05) is 31.8 Å². The molecule has 0 saturated carbocycles. The van der Waals surface area contributed by atoms with Crippen LogP contribution in [0.15, 0.2) is 24.3 Å². The summed E-state index contributed by atoms with van der Waals surface area (Å²) in [6, 6.07) is 9.19. The van der Waals surface area contributed by atoms with Crippen molar-refractivity contribution in [1.29, 1.82) is 0 Å². The molecule has 0 amide bonds. The molecule has 1 aromatic carbocycles. The van der Waals surface area contributed by atoms with Gasteiger partial charge >= 0.3 is 0 Å². The fraction of sp³-hybridized carbons (Fsp3) is 0.625. The number of hydrogen-bond donors (Lipinski definition) is 2. The van der Waals surface area contributed by atoms with E-state index in [9.17, 15) is 0 Å². The average Bonchev–Trinajstić information content (AvgIpc) is 2.75. The zero-order valence-corrected chi connectivity index (χ0v) is 11.7. The first-order valence-electron chi connectivity index (χ1n) is 7.33. The summed E-state index contributed by atoms with van der Waals surface area (Å²) in [6.07, 6.45) is 3.33. The molecule has 1 saturated heterocycles. The maximum Gasteiger partial charge on any atom is 0.0471 e. The van der Waals surface area contributed by atoms with E-state index >= 15 is 0 Å². The van der Waals surface area contributed by atoms with Gasteiger partial charge in [-0.1, -0.05) is 31.2 Å². The van der Waals surface area contributed by atoms with E-state index in [0.29, 0.717) is 11.5 Å². The Hall–Kier alpha value is -0.900. The first kappa shape index (κ1) is 13.1. The van der Waals surface area contributed by atoms with Gasteiger partial charge in [0.2, 0.25) is 0 Å². The zero-order chi connectivity index (χ0) is 13.3. The van der Waals surface area contributed by atoms with Crippen molar-refractivity contribution < 1.29 is 4.74 Å². The number of fused-ring (bicyclic) bond motifs is 1. The van der Waals surface area contributed by atoms with Crippen LogP contribution in [0.4, 0.5) is 0 Å². The van der Waals surface area contributed by atoms with E-state index < -0.39 is 0 Å². The van der Waals surface area contributed by atoms with Gasteiger partial charge in [-0.2, -0.15) is 0 Å². The second-order valence-electron chi connectivity index (χ2n) is 6.33. The Morgan fingerprint density at radius 2 is 1.95 bits per heavy atom. The lowest BCUT2D eigenvalue weighted by Crippen LogP contribution is -2.38. The van der Waals surface area contributed by atoms with Gasteiger partial charge in [0.25, 0.3) is 0 Å². The van der Waals surface area contributed by atoms with Crippen LogP contribution in [0.1, 0.15) is 49.4 Å². The minimum atomic E-state index is 0.191. The SMILES string of the molecule is CC1(CNC2CC(N)c3ccccc32)CCOCC1. The molecule has 1 aliphatic carbocycles. The lowest BCUT2D eigenvalue weighted by atomic mass is 9.82. The lowest BCUT2D eigenvalue weighted by molar-refractivity contribution is 0.0228. The van der Waals surface area contributed by atoms with Crippen molar-refractivity contribution in [1.82, 2.24) is 5.32 Å². The molecule has 2 aliphatic rings. The molecule has 0 spiro atoms. The topological polar surface area (TPSA) is 47.3 Å². The predicted octanol–water partition coefficient (Wildman–Crippen LogP) is 2.54. The van der Waals surface area contributed by atoms with Gasteiger partial charge in [-0.25, -0.2) is 0 Å². The Labute approximate surface area is 115 Å². The van der Waals surface area contributed by atoms with Crippen LogP contribution in [0.25, 0.3) is 0 Å². The molecule has 104 valence electrons. The molecule has 3 rings (SSSR count). The maximum absolute atomic E-state index is 6.22. The number of hydrogen-bond acceptors (Lipinski definition) is 3. The number of nitrogens with two attached hydrogens (primary N) is 1. The minimum absolute atomic E-state index is 0.191. The summed E-state index contributed by atoms with van der Waals surface area (Å²) in [4.78, 5) is 0. The lowest BCUT2D eigenvalue weighted by Gasteiger charge is -2.35. The highest BCUT2D eigenvalue weighted by Gasteiger charge is 2.32. The third kappa shape index (κ3) is 2.69. The number of rotatable bonds is 3. The van der Waals surface area contributed by atoms with Gasteiger partial charge < -0.3 is 15.8 Å². The highest BCUT2D eigenvalue weighted by molar-refractivity contribution is 5.37. The molecule has 0 bridgehead atoms. The Bertz CT molecular complexity index is 440. The van der Waals surface area contributed by atoms with Gasteiger partial charge in [-0.15, -0.1) is 0 Å². The van der Waals surface area contributed by atoms with Gasteiger partial charge in [0.05, 0.1) is 0 Å². The van der Waals surface area contributed by atoms with Crippen LogP contribution in [0.3, 0.4) is 0 Å². The van der Waals surface area contributed by atoms with Crippen molar-refractivity contribution in [2.24, 2.45) is 11.1 Å². The molecule has 1 aliphatic heterocycles. The fourth-order valence-corrected chi connectivity index (χ4v) is 3.28. The summed E-state index contributed by atoms with van der Waals surface area (Å²) in [7, 11) is 0. The molecule has 2 unspecified atom stereocenters. The van der Waals surface area contributed by atoms with Crippen LogP contribution in [0.5, 0.6) is 0 Å². The molecule has 1 aromatic rings. The molecule has 1 fully saturated rings. The molecule has 19 heavy (non-hydrogen) atoms. The van der Waals surface area contributed by atoms with Crippen molar-refractivity contribution in [3.8, 4) is 0 Å². The Balaban J connectivity index is 1.65. The van der Waals surface area contributed by atoms with Crippen LogP contribution in [-0.2, 0) is 4.74 Å². The Kier molecular flexibility index (Phi) is 3.61. The minimum Gasteiger partial charge on any atom is -0.381 e. The van der Waals surface area contributed by atoms with Crippen molar-refractivity contribution in [3.05, 3.63) is 35.4 Å². The predicted molar refractivity (Wildman–Crippen MR) is 76.9 cm³/mol. The summed E-state index contributed by atoms with van der Waals surface area (Å²) >= 11 is 0. The van der Waals surface area contributed by atoms with Crippen LogP contribution < -0.4 is 11.1 Å². The first-order chi connectivity index (χ1) is 9.18. The summed E-state index contributed by atoms with van der Waals surface area (Å²) < 4.78 is 5.46. The summed E-state index contributed by atoms with van der Waals surface area (Å²) in [5.74, 6) is 0. The monoisotopic (exact) mass is 260 g/mol. The molecular weight excluding hydrogens is 236 g/mol. The smallest absolute Gasteiger partial charge is 0.0471 e. The zero-order valence-electron chi connectivity index (χ0n) is 11.7. The highest BCUT2D eigenvalue weighted by Crippen LogP contribution is 2.38. The van der Waals surface area contributed by atoms with Crippen molar-refractivity contribution >= 4 is 0 Å². The maximum atomic E-state index is 6.22. The molecular formula is C16H24N2O. The average molecular weight is 260 g/mol. The van der Waals surface area contributed by atoms with E-state index in [1.54, 1.807) is 0 Å². The first-order valence-corrected chi connectivity index (χ1v) is 7.33. The normalized spacial score (nSPS) is 29.2. The van der Waals surface area contributed by atoms with E-state index in [2.05, 4.69) is 36.5 Å². The molecule has 0 aromatic heterocycles. The van der Waals surface area contributed by atoms with Gasteiger partial charge in [-0.3, -0.25) is 0 Å². The van der Waals surface area contributed by atoms with E-state index in [4.69, 9.17) is 10.5 Å². The van der Waals surface area contributed by atoms with Crippen LogP contribution in [-0.4, -0.2) is 19.8 Å². The van der Waals surface area contributed by atoms with E-state index in [1.807, 2.05) is 0 Å². The Morgan fingerprint density at radius 1 is 1.26 bits per heavy atom. The van der Waals surface area contributed by atoms with Crippen molar-refractivity contribution in [2.45, 2.75) is 38.3 Å². The number of nitrogens with one attached hydrogen (secondary N) is 1. The summed E-state index contributed by atoms with van der Waals surface area (Å²) in [6.45, 7) is 5.23. The molecule has 3 nitrogen and oxygen atoms in total. The highest BCUT2D eigenvalue weighted by atomic mass is 16.5. The largest absolute Gasteiger partial charge is 0.381 e. The summed E-state index contributed by atoms with van der Waals surface area (Å²) in [5, 5.41) is 3.74. The number of ether oxygens (including phenoxy) is 1. The molecule has 0 radical (unpaired) electrons. The molecule has 1 heterocycles. The third-order valence-electron chi connectivity index (χ3n) is 4.74. The molecule has 3 heteroatoms. The molecule has 3 N–H and O–H groups in total. The van der Waals surface area contributed by atoms with Crippen molar-refractivity contribution in [2.75, 3.05) is 19.8 Å². The van der Waals surface area contributed by atoms with Gasteiger partial charge in [0.15, 0.2) is 0 Å². The van der Waals surface area contributed by atoms with E-state index in [1.165, 1.54) is 11.1 Å². The van der Waals surface area contributed by atoms with E-state index in [0.717, 1.165) is 39.0 Å². The van der Waals surface area contributed by atoms with Gasteiger partial charge in [0.1, 0.15) is 0 Å². The second-order valence-corrected chi connectivity index (χ2v) is 6.33. The Morgan fingerprint density at radius 3 is 2.68 bits per heavy atom. The van der Waals surface area contributed by atoms with Crippen LogP contribution in [0.2, 0.25) is 0 Å². The van der Waals surface area contributed by atoms with E-state index in [-0.39, 0.29) is 6.04 Å². The van der Waals surface area contributed by atoms with Crippen LogP contribution in [0, 0.1) is 5.41 Å². The third-order valence-corrected chi connectivity index (χ3v) is 4.74. The van der Waals surface area contributed by atoms with Crippen LogP contribution >= 0.6 is 0 Å². The second kappa shape index (κ2) is 5.23. The fourth-order valence-electron chi connectivity index (χ4n) is 3.28. The van der Waals surface area contributed by atoms with Gasteiger partial charge in [-0.05, 0) is 35.8 Å². The van der Waals surface area contributed by atoms with Crippen molar-refractivity contribution in [3.63, 3.8) is 0 Å².